The summed E-state index contributed by atoms with van der Waals surface area (Å²) in [6.45, 7) is 6.35. The van der Waals surface area contributed by atoms with Gasteiger partial charge in [-0.05, 0) is 61.1 Å². The zero-order valence-corrected chi connectivity index (χ0v) is 19.5. The van der Waals surface area contributed by atoms with Crippen LogP contribution < -0.4 is 14.8 Å². The number of fused-ring (bicyclic) bond motifs is 1. The molecule has 1 amide bonds. The lowest BCUT2D eigenvalue weighted by Crippen LogP contribution is -2.43. The fourth-order valence-electron chi connectivity index (χ4n) is 4.22. The molecule has 0 fully saturated rings. The zero-order valence-electron chi connectivity index (χ0n) is 19.5. The van der Waals surface area contributed by atoms with Crippen molar-refractivity contribution >= 4 is 5.91 Å². The molecule has 7 heteroatoms. The van der Waals surface area contributed by atoms with Gasteiger partial charge in [0.15, 0.2) is 11.9 Å². The largest absolute Gasteiger partial charge is 0.497 e. The number of pyridine rings is 1. The highest BCUT2D eigenvalue weighted by Crippen LogP contribution is 2.40. The predicted molar refractivity (Wildman–Crippen MR) is 126 cm³/mol. The molecule has 0 radical (unpaired) electrons. The number of hydrogen-bond acceptors (Lipinski definition) is 6. The minimum absolute atomic E-state index is 0.00658. The summed E-state index contributed by atoms with van der Waals surface area (Å²) >= 11 is 0. The molecule has 1 aromatic carbocycles. The first kappa shape index (κ1) is 22.7. The van der Waals surface area contributed by atoms with E-state index in [1.54, 1.807) is 19.5 Å². The van der Waals surface area contributed by atoms with Crippen LogP contribution in [0.5, 0.6) is 11.5 Å². The molecule has 0 aliphatic heterocycles. The summed E-state index contributed by atoms with van der Waals surface area (Å²) in [6, 6.07) is 10.9. The van der Waals surface area contributed by atoms with E-state index in [4.69, 9.17) is 14.5 Å². The molecule has 1 N–H and O–H groups in total. The van der Waals surface area contributed by atoms with E-state index in [0.717, 1.165) is 35.4 Å². The number of methoxy groups -OCH3 is 1. The van der Waals surface area contributed by atoms with Crippen molar-refractivity contribution in [2.24, 2.45) is 5.41 Å². The van der Waals surface area contributed by atoms with Gasteiger partial charge in [0.25, 0.3) is 5.91 Å². The summed E-state index contributed by atoms with van der Waals surface area (Å²) in [5.41, 5.74) is 2.87. The van der Waals surface area contributed by atoms with Crippen LogP contribution in [-0.4, -0.2) is 34.1 Å². The Kier molecular flexibility index (Phi) is 6.58. The molecule has 33 heavy (non-hydrogen) atoms. The second kappa shape index (κ2) is 9.57. The van der Waals surface area contributed by atoms with Crippen LogP contribution >= 0.6 is 0 Å². The fraction of sp³-hybridized carbons (Fsp3) is 0.385. The van der Waals surface area contributed by atoms with E-state index < -0.39 is 6.10 Å². The van der Waals surface area contributed by atoms with Crippen LogP contribution in [0.25, 0.3) is 11.4 Å². The smallest absolute Gasteiger partial charge is 0.261 e. The summed E-state index contributed by atoms with van der Waals surface area (Å²) in [4.78, 5) is 26.7. The minimum atomic E-state index is -0.594. The van der Waals surface area contributed by atoms with Gasteiger partial charge in [0.05, 0.1) is 18.8 Å². The minimum Gasteiger partial charge on any atom is -0.497 e. The molecular formula is C26H30N4O3. The number of carbonyl (C=O) groups excluding carboxylic acids is 1. The highest BCUT2D eigenvalue weighted by atomic mass is 16.5. The van der Waals surface area contributed by atoms with Crippen molar-refractivity contribution in [2.75, 3.05) is 7.11 Å². The number of aromatic nitrogens is 3. The fourth-order valence-corrected chi connectivity index (χ4v) is 4.22. The van der Waals surface area contributed by atoms with Gasteiger partial charge >= 0.3 is 0 Å². The van der Waals surface area contributed by atoms with E-state index in [-0.39, 0.29) is 17.4 Å². The van der Waals surface area contributed by atoms with E-state index in [2.05, 4.69) is 29.1 Å². The molecule has 0 bridgehead atoms. The highest BCUT2D eigenvalue weighted by Gasteiger charge is 2.35. The highest BCUT2D eigenvalue weighted by molar-refractivity contribution is 5.81. The van der Waals surface area contributed by atoms with Crippen molar-refractivity contribution in [1.82, 2.24) is 20.3 Å². The molecule has 2 heterocycles. The SMILES string of the molecule is CC[C@@H](Oc1ccc(OC)cc1)C(=O)N[C@H]1CC(C)(C)Cc2nc(-c3ccncc3)ncc21. The number of ether oxygens (including phenoxy) is 2. The van der Waals surface area contributed by atoms with E-state index in [1.807, 2.05) is 49.5 Å². The third-order valence-electron chi connectivity index (χ3n) is 5.93. The first-order valence-corrected chi connectivity index (χ1v) is 11.3. The van der Waals surface area contributed by atoms with Crippen molar-refractivity contribution < 1.29 is 14.3 Å². The predicted octanol–water partition coefficient (Wildman–Crippen LogP) is 4.53. The molecule has 0 spiro atoms. The first-order chi connectivity index (χ1) is 15.9. The van der Waals surface area contributed by atoms with E-state index >= 15 is 0 Å². The number of nitrogens with one attached hydrogen (secondary N) is 1. The molecule has 1 aliphatic carbocycles. The van der Waals surface area contributed by atoms with E-state index in [1.165, 1.54) is 0 Å². The third kappa shape index (κ3) is 5.30. The standard InChI is InChI=1S/C26H30N4O3/c1-5-23(33-19-8-6-18(32-4)7-9-19)25(31)30-22-15-26(2,3)14-21-20(22)16-28-24(29-21)17-10-12-27-13-11-17/h6-13,16,22-23H,5,14-15H2,1-4H3,(H,30,31)/t22-,23+/m0/s1. The maximum absolute atomic E-state index is 13.2. The van der Waals surface area contributed by atoms with Gasteiger partial charge in [-0.1, -0.05) is 20.8 Å². The van der Waals surface area contributed by atoms with Crippen LogP contribution in [-0.2, 0) is 11.2 Å². The molecule has 0 unspecified atom stereocenters. The van der Waals surface area contributed by atoms with Crippen LogP contribution in [0.15, 0.2) is 55.0 Å². The Morgan fingerprint density at radius 1 is 1.15 bits per heavy atom. The van der Waals surface area contributed by atoms with Crippen LogP contribution in [0.2, 0.25) is 0 Å². The molecule has 0 saturated heterocycles. The summed E-state index contributed by atoms with van der Waals surface area (Å²) < 4.78 is 11.2. The lowest BCUT2D eigenvalue weighted by molar-refractivity contribution is -0.129. The van der Waals surface area contributed by atoms with Gasteiger partial charge in [-0.15, -0.1) is 0 Å². The van der Waals surface area contributed by atoms with Crippen LogP contribution in [0.1, 0.15) is 50.9 Å². The summed E-state index contributed by atoms with van der Waals surface area (Å²) in [7, 11) is 1.62. The summed E-state index contributed by atoms with van der Waals surface area (Å²) in [6.07, 6.45) is 6.92. The van der Waals surface area contributed by atoms with Crippen molar-refractivity contribution in [2.45, 2.75) is 52.2 Å². The number of rotatable bonds is 7. The van der Waals surface area contributed by atoms with Crippen LogP contribution in [0.3, 0.4) is 0 Å². The lowest BCUT2D eigenvalue weighted by Gasteiger charge is -2.37. The number of amides is 1. The number of nitrogens with zero attached hydrogens (tertiary/aromatic N) is 3. The van der Waals surface area contributed by atoms with Gasteiger partial charge in [0.1, 0.15) is 11.5 Å². The van der Waals surface area contributed by atoms with E-state index in [0.29, 0.717) is 18.0 Å². The molecule has 7 nitrogen and oxygen atoms in total. The van der Waals surface area contributed by atoms with Gasteiger partial charge in [0.2, 0.25) is 0 Å². The molecular weight excluding hydrogens is 416 g/mol. The monoisotopic (exact) mass is 446 g/mol. The van der Waals surface area contributed by atoms with Crippen LogP contribution in [0.4, 0.5) is 0 Å². The topological polar surface area (TPSA) is 86.2 Å². The Balaban J connectivity index is 1.53. The molecule has 172 valence electrons. The first-order valence-electron chi connectivity index (χ1n) is 11.3. The quantitative estimate of drug-likeness (QED) is 0.574. The van der Waals surface area contributed by atoms with Crippen molar-refractivity contribution in [3.05, 3.63) is 66.2 Å². The van der Waals surface area contributed by atoms with E-state index in [9.17, 15) is 4.79 Å². The molecule has 4 rings (SSSR count). The van der Waals surface area contributed by atoms with Gasteiger partial charge in [0, 0.05) is 29.7 Å². The molecule has 1 aliphatic rings. The summed E-state index contributed by atoms with van der Waals surface area (Å²) in [5.74, 6) is 1.91. The van der Waals surface area contributed by atoms with Crippen molar-refractivity contribution in [3.8, 4) is 22.9 Å². The molecule has 0 saturated carbocycles. The van der Waals surface area contributed by atoms with Gasteiger partial charge in [-0.25, -0.2) is 9.97 Å². The summed E-state index contributed by atoms with van der Waals surface area (Å²) in [5, 5.41) is 3.21. The van der Waals surface area contributed by atoms with Crippen molar-refractivity contribution in [3.63, 3.8) is 0 Å². The second-order valence-corrected chi connectivity index (χ2v) is 9.13. The third-order valence-corrected chi connectivity index (χ3v) is 5.93. The van der Waals surface area contributed by atoms with Gasteiger partial charge in [-0.3, -0.25) is 9.78 Å². The Bertz CT molecular complexity index is 1100. The number of benzene rings is 1. The Morgan fingerprint density at radius 3 is 2.52 bits per heavy atom. The maximum Gasteiger partial charge on any atom is 0.261 e. The molecule has 3 aromatic rings. The zero-order chi connectivity index (χ0) is 23.4. The Labute approximate surface area is 194 Å². The molecule has 2 aromatic heterocycles. The average Bonchev–Trinajstić information content (AvgIpc) is 2.82. The Hall–Kier alpha value is -3.48. The maximum atomic E-state index is 13.2. The van der Waals surface area contributed by atoms with Crippen molar-refractivity contribution in [1.29, 1.82) is 0 Å². The van der Waals surface area contributed by atoms with Gasteiger partial charge in [-0.2, -0.15) is 0 Å². The Morgan fingerprint density at radius 2 is 1.85 bits per heavy atom. The van der Waals surface area contributed by atoms with Crippen LogP contribution in [0, 0.1) is 5.41 Å². The normalized spacial score (nSPS) is 17.5. The lowest BCUT2D eigenvalue weighted by atomic mass is 9.74. The second-order valence-electron chi connectivity index (χ2n) is 9.13. The number of hydrogen-bond donors (Lipinski definition) is 1. The average molecular weight is 447 g/mol. The molecule has 2 atom stereocenters. The number of carbonyl (C=O) groups is 1. The van der Waals surface area contributed by atoms with Gasteiger partial charge < -0.3 is 14.8 Å².